The summed E-state index contributed by atoms with van der Waals surface area (Å²) in [5.74, 6) is 1.52. The number of hydrogen-bond acceptors (Lipinski definition) is 7. The predicted octanol–water partition coefficient (Wildman–Crippen LogP) is 2.77. The third-order valence-corrected chi connectivity index (χ3v) is 5.64. The number of amides is 1. The number of anilines is 1. The van der Waals surface area contributed by atoms with Crippen LogP contribution in [0.5, 0.6) is 5.75 Å². The number of carbonyl (C=O) groups excluding carboxylic acids is 1. The lowest BCUT2D eigenvalue weighted by Crippen LogP contribution is -2.37. The number of hydrogen-bond donors (Lipinski definition) is 1. The molecular weight excluding hydrogens is 376 g/mol. The third kappa shape index (κ3) is 3.79. The van der Waals surface area contributed by atoms with Crippen molar-refractivity contribution >= 4 is 34.0 Å². The number of ether oxygens (including phenoxy) is 2. The third-order valence-electron chi connectivity index (χ3n) is 4.74. The molecule has 7 nitrogen and oxygen atoms in total. The van der Waals surface area contributed by atoms with E-state index in [0.29, 0.717) is 19.8 Å². The number of aryl methyl sites for hydroxylation is 1. The van der Waals surface area contributed by atoms with Crippen LogP contribution in [0.4, 0.5) is 5.82 Å². The molecule has 2 aromatic heterocycles. The zero-order valence-corrected chi connectivity index (χ0v) is 16.7. The lowest BCUT2D eigenvalue weighted by atomic mass is 10.2. The van der Waals surface area contributed by atoms with Gasteiger partial charge in [0.05, 0.1) is 31.2 Å². The van der Waals surface area contributed by atoms with Crippen molar-refractivity contribution in [3.05, 3.63) is 45.9 Å². The average Bonchev–Trinajstić information content (AvgIpc) is 3.13. The van der Waals surface area contributed by atoms with Crippen LogP contribution >= 0.6 is 11.3 Å². The number of rotatable bonds is 5. The van der Waals surface area contributed by atoms with E-state index in [1.807, 2.05) is 29.6 Å². The quantitative estimate of drug-likeness (QED) is 0.712. The molecule has 0 bridgehead atoms. The van der Waals surface area contributed by atoms with Gasteiger partial charge in [-0.25, -0.2) is 9.97 Å². The summed E-state index contributed by atoms with van der Waals surface area (Å²) in [5.41, 5.74) is 1.79. The molecule has 1 saturated heterocycles. The van der Waals surface area contributed by atoms with E-state index in [2.05, 4.69) is 27.1 Å². The number of nitrogens with zero attached hydrogens (tertiary/aromatic N) is 3. The Balaban J connectivity index is 1.57. The molecule has 4 rings (SSSR count). The predicted molar refractivity (Wildman–Crippen MR) is 109 cm³/mol. The van der Waals surface area contributed by atoms with Crippen LogP contribution in [-0.2, 0) is 11.3 Å². The highest BCUT2D eigenvalue weighted by Gasteiger charge is 2.21. The first-order chi connectivity index (χ1) is 13.7. The van der Waals surface area contributed by atoms with Crippen LogP contribution in [0.1, 0.15) is 21.1 Å². The molecule has 0 spiro atoms. The lowest BCUT2D eigenvalue weighted by Gasteiger charge is -2.28. The molecule has 0 unspecified atom stereocenters. The van der Waals surface area contributed by atoms with E-state index in [1.165, 1.54) is 0 Å². The van der Waals surface area contributed by atoms with Gasteiger partial charge in [-0.2, -0.15) is 0 Å². The fourth-order valence-electron chi connectivity index (χ4n) is 3.20. The number of carbonyl (C=O) groups is 1. The van der Waals surface area contributed by atoms with Crippen molar-refractivity contribution in [3.8, 4) is 5.75 Å². The Bertz CT molecular complexity index is 981. The molecule has 28 heavy (non-hydrogen) atoms. The van der Waals surface area contributed by atoms with Crippen LogP contribution in [0.25, 0.3) is 10.9 Å². The van der Waals surface area contributed by atoms with Gasteiger partial charge in [-0.05, 0) is 24.6 Å². The summed E-state index contributed by atoms with van der Waals surface area (Å²) in [6.07, 6.45) is 0. The number of benzene rings is 1. The number of methoxy groups -OCH3 is 1. The second kappa shape index (κ2) is 8.12. The van der Waals surface area contributed by atoms with Gasteiger partial charge in [0.25, 0.3) is 5.91 Å². The second-order valence-electron chi connectivity index (χ2n) is 6.55. The summed E-state index contributed by atoms with van der Waals surface area (Å²) in [6, 6.07) is 7.58. The molecule has 1 aliphatic heterocycles. The van der Waals surface area contributed by atoms with E-state index in [-0.39, 0.29) is 11.7 Å². The topological polar surface area (TPSA) is 76.6 Å². The van der Waals surface area contributed by atoms with Crippen LogP contribution in [0.2, 0.25) is 0 Å². The first kappa shape index (κ1) is 18.6. The number of fused-ring (bicyclic) bond motifs is 1. The van der Waals surface area contributed by atoms with Crippen molar-refractivity contribution in [2.24, 2.45) is 0 Å². The first-order valence-corrected chi connectivity index (χ1v) is 10.0. The molecule has 3 heterocycles. The molecule has 1 aromatic carbocycles. The Hall–Kier alpha value is -2.71. The van der Waals surface area contributed by atoms with Crippen molar-refractivity contribution in [1.29, 1.82) is 0 Å². The normalized spacial score (nSPS) is 14.3. The molecule has 0 atom stereocenters. The largest absolute Gasteiger partial charge is 0.497 e. The van der Waals surface area contributed by atoms with E-state index in [4.69, 9.17) is 9.47 Å². The van der Waals surface area contributed by atoms with Crippen LogP contribution in [0.15, 0.2) is 29.6 Å². The van der Waals surface area contributed by atoms with Crippen molar-refractivity contribution < 1.29 is 14.3 Å². The summed E-state index contributed by atoms with van der Waals surface area (Å²) >= 11 is 1.63. The minimum Gasteiger partial charge on any atom is -0.497 e. The summed E-state index contributed by atoms with van der Waals surface area (Å²) in [4.78, 5) is 25.2. The van der Waals surface area contributed by atoms with Crippen LogP contribution in [0.3, 0.4) is 0 Å². The second-order valence-corrected chi connectivity index (χ2v) is 7.64. The summed E-state index contributed by atoms with van der Waals surface area (Å²) in [5, 5.41) is 5.92. The van der Waals surface area contributed by atoms with Gasteiger partial charge in [-0.3, -0.25) is 4.79 Å². The van der Waals surface area contributed by atoms with Crippen LogP contribution < -0.4 is 15.0 Å². The Morgan fingerprint density at radius 3 is 2.71 bits per heavy atom. The van der Waals surface area contributed by atoms with E-state index in [9.17, 15) is 4.79 Å². The highest BCUT2D eigenvalue weighted by Crippen LogP contribution is 2.31. The highest BCUT2D eigenvalue weighted by molar-refractivity contribution is 7.11. The van der Waals surface area contributed by atoms with Gasteiger partial charge in [-0.1, -0.05) is 12.1 Å². The zero-order chi connectivity index (χ0) is 19.5. The van der Waals surface area contributed by atoms with E-state index in [1.54, 1.807) is 18.4 Å². The Morgan fingerprint density at radius 1 is 1.25 bits per heavy atom. The number of morpholine rings is 1. The van der Waals surface area contributed by atoms with Crippen molar-refractivity contribution in [2.75, 3.05) is 38.3 Å². The minimum atomic E-state index is -0.281. The van der Waals surface area contributed by atoms with Gasteiger partial charge in [0.1, 0.15) is 11.6 Å². The van der Waals surface area contributed by atoms with Gasteiger partial charge >= 0.3 is 0 Å². The molecule has 3 aromatic rings. The number of nitrogens with one attached hydrogen (secondary N) is 1. The Kier molecular flexibility index (Phi) is 5.40. The Morgan fingerprint density at radius 2 is 2.00 bits per heavy atom. The number of aromatic nitrogens is 2. The van der Waals surface area contributed by atoms with Gasteiger partial charge in [-0.15, -0.1) is 11.3 Å². The van der Waals surface area contributed by atoms with Gasteiger partial charge in [0.2, 0.25) is 5.82 Å². The van der Waals surface area contributed by atoms with Gasteiger partial charge < -0.3 is 19.7 Å². The van der Waals surface area contributed by atoms with Gasteiger partial charge in [0.15, 0.2) is 0 Å². The SMILES string of the molecule is COc1ccc(CNC(=O)c2nc(N3CCOCC3)c3c(C)scc3n2)cc1. The van der Waals surface area contributed by atoms with Crippen molar-refractivity contribution in [3.63, 3.8) is 0 Å². The van der Waals surface area contributed by atoms with Crippen LogP contribution in [-0.4, -0.2) is 49.3 Å². The molecule has 1 fully saturated rings. The smallest absolute Gasteiger partial charge is 0.289 e. The summed E-state index contributed by atoms with van der Waals surface area (Å²) < 4.78 is 10.6. The molecule has 1 N–H and O–H groups in total. The maximum Gasteiger partial charge on any atom is 0.289 e. The zero-order valence-electron chi connectivity index (χ0n) is 15.9. The molecule has 146 valence electrons. The highest BCUT2D eigenvalue weighted by atomic mass is 32.1. The molecule has 0 radical (unpaired) electrons. The maximum absolute atomic E-state index is 12.7. The van der Waals surface area contributed by atoms with Crippen LogP contribution in [0, 0.1) is 6.92 Å². The van der Waals surface area contributed by atoms with Crippen molar-refractivity contribution in [1.82, 2.24) is 15.3 Å². The molecular formula is C20H22N4O3S. The molecule has 0 aliphatic carbocycles. The van der Waals surface area contributed by atoms with Gasteiger partial charge in [0, 0.05) is 29.9 Å². The van der Waals surface area contributed by atoms with E-state index < -0.39 is 0 Å². The first-order valence-electron chi connectivity index (χ1n) is 9.15. The van der Waals surface area contributed by atoms with Crippen molar-refractivity contribution in [2.45, 2.75) is 13.5 Å². The fourth-order valence-corrected chi connectivity index (χ4v) is 3.97. The lowest BCUT2D eigenvalue weighted by molar-refractivity contribution is 0.0940. The Labute approximate surface area is 167 Å². The van der Waals surface area contributed by atoms with E-state index >= 15 is 0 Å². The standard InChI is InChI=1S/C20H22N4O3S/c1-13-17-16(12-28-13)22-18(23-19(17)24-7-9-27-10-8-24)20(25)21-11-14-3-5-15(26-2)6-4-14/h3-6,12H,7-11H2,1-2H3,(H,21,25). The summed E-state index contributed by atoms with van der Waals surface area (Å²) in [7, 11) is 1.63. The van der Waals surface area contributed by atoms with E-state index in [0.717, 1.165) is 46.0 Å². The average molecular weight is 398 g/mol. The summed E-state index contributed by atoms with van der Waals surface area (Å²) in [6.45, 7) is 5.30. The number of thiophene rings is 1. The molecule has 1 aliphatic rings. The molecule has 1 amide bonds. The fraction of sp³-hybridized carbons (Fsp3) is 0.350. The monoisotopic (exact) mass is 398 g/mol. The maximum atomic E-state index is 12.7. The molecule has 8 heteroatoms. The minimum absolute atomic E-state index is 0.195. The molecule has 0 saturated carbocycles.